The number of nitrogens with zero attached hydrogens (tertiary/aromatic N) is 2. The van der Waals surface area contributed by atoms with E-state index in [1.807, 2.05) is 60.7 Å². The van der Waals surface area contributed by atoms with Crippen molar-refractivity contribution in [3.63, 3.8) is 0 Å². The molecule has 1 aliphatic heterocycles. The molecular formula is C21H20N2O4. The smallest absolute Gasteiger partial charge is 0.410 e. The lowest BCUT2D eigenvalue weighted by molar-refractivity contribution is 0.0883. The van der Waals surface area contributed by atoms with Crippen molar-refractivity contribution < 1.29 is 18.7 Å². The predicted molar refractivity (Wildman–Crippen MR) is 98.0 cm³/mol. The average Bonchev–Trinajstić information content (AvgIpc) is 3.14. The zero-order valence-corrected chi connectivity index (χ0v) is 14.8. The lowest BCUT2D eigenvalue weighted by atomic mass is 10.2. The normalized spacial score (nSPS) is 13.1. The van der Waals surface area contributed by atoms with Gasteiger partial charge in [0.15, 0.2) is 6.61 Å². The third-order valence-electron chi connectivity index (χ3n) is 4.34. The van der Waals surface area contributed by atoms with E-state index in [0.29, 0.717) is 31.2 Å². The third-order valence-corrected chi connectivity index (χ3v) is 4.34. The van der Waals surface area contributed by atoms with Crippen LogP contribution in [0.4, 0.5) is 4.79 Å². The van der Waals surface area contributed by atoms with Crippen LogP contribution < -0.4 is 4.74 Å². The van der Waals surface area contributed by atoms with Crippen molar-refractivity contribution in [3.8, 4) is 5.75 Å². The number of carbonyl (C=O) groups excluding carboxylic acids is 1. The van der Waals surface area contributed by atoms with Crippen LogP contribution in [0.2, 0.25) is 0 Å². The van der Waals surface area contributed by atoms with Gasteiger partial charge in [-0.15, -0.1) is 0 Å². The number of para-hydroxylation sites is 1. The van der Waals surface area contributed by atoms with Gasteiger partial charge in [-0.3, -0.25) is 0 Å². The van der Waals surface area contributed by atoms with Crippen molar-refractivity contribution in [1.29, 1.82) is 0 Å². The number of oxazole rings is 1. The Balaban J connectivity index is 1.32. The Kier molecular flexibility index (Phi) is 5.05. The standard InChI is InChI=1S/C21H20N2O4/c24-21(26-14-16-7-3-1-4-8-16)23-12-11-18-19(13-23)27-20(22-18)15-25-17-9-5-2-6-10-17/h1-10H,11-15H2. The van der Waals surface area contributed by atoms with Gasteiger partial charge in [0.1, 0.15) is 18.1 Å². The Labute approximate surface area is 157 Å². The van der Waals surface area contributed by atoms with Crippen LogP contribution in [0.5, 0.6) is 5.75 Å². The molecule has 0 fully saturated rings. The van der Waals surface area contributed by atoms with E-state index in [0.717, 1.165) is 17.0 Å². The van der Waals surface area contributed by atoms with Crippen molar-refractivity contribution in [2.24, 2.45) is 0 Å². The second kappa shape index (κ2) is 7.95. The Morgan fingerprint density at radius 1 is 1.04 bits per heavy atom. The quantitative estimate of drug-likeness (QED) is 0.686. The SMILES string of the molecule is O=C(OCc1ccccc1)N1CCc2nc(COc3ccccc3)oc2C1. The highest BCUT2D eigenvalue weighted by Gasteiger charge is 2.26. The minimum absolute atomic E-state index is 0.259. The molecule has 0 spiro atoms. The van der Waals surface area contributed by atoms with Gasteiger partial charge in [0.2, 0.25) is 5.89 Å². The highest BCUT2D eigenvalue weighted by atomic mass is 16.6. The van der Waals surface area contributed by atoms with E-state index in [4.69, 9.17) is 13.9 Å². The highest BCUT2D eigenvalue weighted by Crippen LogP contribution is 2.22. The summed E-state index contributed by atoms with van der Waals surface area (Å²) < 4.78 is 16.9. The van der Waals surface area contributed by atoms with Gasteiger partial charge in [0.05, 0.1) is 12.2 Å². The van der Waals surface area contributed by atoms with E-state index < -0.39 is 0 Å². The zero-order valence-electron chi connectivity index (χ0n) is 14.8. The molecule has 3 aromatic rings. The van der Waals surface area contributed by atoms with Crippen molar-refractivity contribution in [1.82, 2.24) is 9.88 Å². The second-order valence-electron chi connectivity index (χ2n) is 6.29. The molecular weight excluding hydrogens is 344 g/mol. The summed E-state index contributed by atoms with van der Waals surface area (Å²) in [4.78, 5) is 18.4. The molecule has 1 aliphatic rings. The first-order valence-electron chi connectivity index (χ1n) is 8.89. The molecule has 2 aromatic carbocycles. The van der Waals surface area contributed by atoms with E-state index in [2.05, 4.69) is 4.98 Å². The van der Waals surface area contributed by atoms with Gasteiger partial charge in [0.25, 0.3) is 0 Å². The zero-order chi connectivity index (χ0) is 18.5. The fourth-order valence-electron chi connectivity index (χ4n) is 2.94. The topological polar surface area (TPSA) is 64.8 Å². The number of carbonyl (C=O) groups is 1. The predicted octanol–water partition coefficient (Wildman–Crippen LogP) is 3.95. The summed E-state index contributed by atoms with van der Waals surface area (Å²) in [6.45, 7) is 1.44. The maximum absolute atomic E-state index is 12.3. The summed E-state index contributed by atoms with van der Waals surface area (Å²) in [5, 5.41) is 0. The molecule has 0 aliphatic carbocycles. The van der Waals surface area contributed by atoms with Crippen molar-refractivity contribution >= 4 is 6.09 Å². The summed E-state index contributed by atoms with van der Waals surface area (Å²) in [6.07, 6.45) is 0.299. The van der Waals surface area contributed by atoms with Gasteiger partial charge >= 0.3 is 6.09 Å². The van der Waals surface area contributed by atoms with Gasteiger partial charge in [0, 0.05) is 13.0 Å². The lowest BCUT2D eigenvalue weighted by Crippen LogP contribution is -2.36. The van der Waals surface area contributed by atoms with Crippen LogP contribution in [-0.4, -0.2) is 22.5 Å². The largest absolute Gasteiger partial charge is 0.484 e. The monoisotopic (exact) mass is 364 g/mol. The number of benzene rings is 2. The number of hydrogen-bond acceptors (Lipinski definition) is 5. The van der Waals surface area contributed by atoms with Crippen molar-refractivity contribution in [2.75, 3.05) is 6.54 Å². The van der Waals surface area contributed by atoms with Gasteiger partial charge < -0.3 is 18.8 Å². The van der Waals surface area contributed by atoms with Gasteiger partial charge in [-0.1, -0.05) is 48.5 Å². The Bertz CT molecular complexity index is 893. The minimum atomic E-state index is -0.344. The maximum atomic E-state index is 12.3. The van der Waals surface area contributed by atoms with E-state index in [1.54, 1.807) is 4.90 Å². The molecule has 6 heteroatoms. The molecule has 1 aromatic heterocycles. The Morgan fingerprint density at radius 3 is 2.56 bits per heavy atom. The van der Waals surface area contributed by atoms with Crippen LogP contribution in [0.3, 0.4) is 0 Å². The fraction of sp³-hybridized carbons (Fsp3) is 0.238. The van der Waals surface area contributed by atoms with E-state index >= 15 is 0 Å². The molecule has 138 valence electrons. The average molecular weight is 364 g/mol. The minimum Gasteiger partial charge on any atom is -0.484 e. The molecule has 0 atom stereocenters. The highest BCUT2D eigenvalue weighted by molar-refractivity contribution is 5.68. The molecule has 0 bridgehead atoms. The van der Waals surface area contributed by atoms with Crippen LogP contribution in [0.1, 0.15) is 22.9 Å². The molecule has 2 heterocycles. The second-order valence-corrected chi connectivity index (χ2v) is 6.29. The lowest BCUT2D eigenvalue weighted by Gasteiger charge is -2.24. The van der Waals surface area contributed by atoms with Crippen molar-refractivity contribution in [2.45, 2.75) is 26.2 Å². The molecule has 0 saturated heterocycles. The molecule has 6 nitrogen and oxygen atoms in total. The molecule has 0 unspecified atom stereocenters. The summed E-state index contributed by atoms with van der Waals surface area (Å²) >= 11 is 0. The van der Waals surface area contributed by atoms with E-state index in [1.165, 1.54) is 0 Å². The fourth-order valence-corrected chi connectivity index (χ4v) is 2.94. The summed E-state index contributed by atoms with van der Waals surface area (Å²) in [6, 6.07) is 19.1. The van der Waals surface area contributed by atoms with Crippen LogP contribution in [0.25, 0.3) is 0 Å². The number of fused-ring (bicyclic) bond motifs is 1. The summed E-state index contributed by atoms with van der Waals surface area (Å²) in [5.74, 6) is 1.98. The maximum Gasteiger partial charge on any atom is 0.410 e. The molecule has 1 amide bonds. The van der Waals surface area contributed by atoms with Crippen LogP contribution >= 0.6 is 0 Å². The first-order valence-corrected chi connectivity index (χ1v) is 8.89. The third kappa shape index (κ3) is 4.28. The number of rotatable bonds is 5. The molecule has 0 saturated carbocycles. The van der Waals surface area contributed by atoms with Crippen LogP contribution in [0.15, 0.2) is 65.1 Å². The van der Waals surface area contributed by atoms with E-state index in [9.17, 15) is 4.79 Å². The Hall–Kier alpha value is -3.28. The molecule has 0 N–H and O–H groups in total. The first-order chi connectivity index (χ1) is 13.3. The Morgan fingerprint density at radius 2 is 1.78 bits per heavy atom. The van der Waals surface area contributed by atoms with Gasteiger partial charge in [-0.05, 0) is 17.7 Å². The summed E-state index contributed by atoms with van der Waals surface area (Å²) in [5.41, 5.74) is 1.84. The number of ether oxygens (including phenoxy) is 2. The summed E-state index contributed by atoms with van der Waals surface area (Å²) in [7, 11) is 0. The number of amides is 1. The number of aromatic nitrogens is 1. The van der Waals surface area contributed by atoms with Gasteiger partial charge in [-0.2, -0.15) is 0 Å². The van der Waals surface area contributed by atoms with Crippen LogP contribution in [-0.2, 0) is 30.9 Å². The molecule has 4 rings (SSSR count). The first kappa shape index (κ1) is 17.1. The molecule has 0 radical (unpaired) electrons. The van der Waals surface area contributed by atoms with Crippen LogP contribution in [0, 0.1) is 0 Å². The number of hydrogen-bond donors (Lipinski definition) is 0. The van der Waals surface area contributed by atoms with Crippen molar-refractivity contribution in [3.05, 3.63) is 83.6 Å². The van der Waals surface area contributed by atoms with E-state index in [-0.39, 0.29) is 19.3 Å². The molecule has 27 heavy (non-hydrogen) atoms. The van der Waals surface area contributed by atoms with Gasteiger partial charge in [-0.25, -0.2) is 9.78 Å².